The molecule has 6 nitrogen and oxygen atoms in total. The van der Waals surface area contributed by atoms with Crippen molar-refractivity contribution in [3.63, 3.8) is 0 Å². The summed E-state index contributed by atoms with van der Waals surface area (Å²) in [6, 6.07) is 25.7. The lowest BCUT2D eigenvalue weighted by atomic mass is 9.83. The van der Waals surface area contributed by atoms with Crippen LogP contribution in [0.25, 0.3) is 0 Å². The minimum atomic E-state index is -1.19. The van der Waals surface area contributed by atoms with E-state index in [1.54, 1.807) is 29.2 Å². The fraction of sp³-hybridized carbons (Fsp3) is 0.192. The number of nitrogens with zero attached hydrogens (tertiary/aromatic N) is 2. The van der Waals surface area contributed by atoms with Gasteiger partial charge in [0.25, 0.3) is 11.8 Å². The van der Waals surface area contributed by atoms with Gasteiger partial charge in [0.15, 0.2) is 11.5 Å². The summed E-state index contributed by atoms with van der Waals surface area (Å²) in [5, 5.41) is 3.47. The van der Waals surface area contributed by atoms with E-state index in [-0.39, 0.29) is 17.8 Å². The molecule has 0 unspecified atom stereocenters. The Morgan fingerprint density at radius 3 is 2.06 bits per heavy atom. The maximum atomic E-state index is 13.7. The van der Waals surface area contributed by atoms with Gasteiger partial charge in [0.2, 0.25) is 0 Å². The van der Waals surface area contributed by atoms with E-state index in [1.165, 1.54) is 0 Å². The second-order valence-electron chi connectivity index (χ2n) is 7.84. The summed E-state index contributed by atoms with van der Waals surface area (Å²) in [5.74, 6) is -0.113. The van der Waals surface area contributed by atoms with Crippen molar-refractivity contribution < 1.29 is 9.59 Å². The summed E-state index contributed by atoms with van der Waals surface area (Å²) in [5.41, 5.74) is 7.18. The molecule has 0 radical (unpaired) electrons. The van der Waals surface area contributed by atoms with Crippen LogP contribution >= 0.6 is 11.6 Å². The van der Waals surface area contributed by atoms with Crippen molar-refractivity contribution >= 4 is 29.4 Å². The van der Waals surface area contributed by atoms with Crippen LogP contribution in [-0.4, -0.2) is 35.8 Å². The first kappa shape index (κ1) is 22.6. The van der Waals surface area contributed by atoms with Crippen LogP contribution in [0.2, 0.25) is 5.02 Å². The van der Waals surface area contributed by atoms with Crippen molar-refractivity contribution in [1.29, 1.82) is 0 Å². The molecule has 1 aliphatic heterocycles. The largest absolute Gasteiger partial charge is 0.369 e. The van der Waals surface area contributed by atoms with Crippen molar-refractivity contribution in [2.24, 2.45) is 10.7 Å². The Bertz CT molecular complexity index is 1110. The van der Waals surface area contributed by atoms with Crippen LogP contribution < -0.4 is 11.1 Å². The number of benzene rings is 3. The molecule has 0 aromatic heterocycles. The Balaban J connectivity index is 1.40. The zero-order valence-electron chi connectivity index (χ0n) is 18.1. The molecule has 0 aliphatic carbocycles. The zero-order chi connectivity index (χ0) is 23.3. The van der Waals surface area contributed by atoms with Crippen molar-refractivity contribution in [2.75, 3.05) is 13.1 Å². The number of nitrogens with one attached hydrogen (secondary N) is 1. The van der Waals surface area contributed by atoms with Crippen LogP contribution in [0.3, 0.4) is 0 Å². The van der Waals surface area contributed by atoms with Gasteiger partial charge in [-0.2, -0.15) is 0 Å². The molecule has 0 atom stereocenters. The van der Waals surface area contributed by atoms with Gasteiger partial charge in [-0.1, -0.05) is 72.3 Å². The predicted molar refractivity (Wildman–Crippen MR) is 130 cm³/mol. The summed E-state index contributed by atoms with van der Waals surface area (Å²) < 4.78 is 0. The van der Waals surface area contributed by atoms with E-state index in [2.05, 4.69) is 10.3 Å². The van der Waals surface area contributed by atoms with Crippen molar-refractivity contribution in [2.45, 2.75) is 18.4 Å². The Morgan fingerprint density at radius 1 is 0.909 bits per heavy atom. The lowest BCUT2D eigenvalue weighted by Crippen LogP contribution is -2.44. The van der Waals surface area contributed by atoms with Crippen molar-refractivity contribution in [3.05, 3.63) is 107 Å². The lowest BCUT2D eigenvalue weighted by molar-refractivity contribution is -0.130. The summed E-state index contributed by atoms with van der Waals surface area (Å²) in [6.45, 7) is 0.912. The lowest BCUT2D eigenvalue weighted by Gasteiger charge is -2.27. The fourth-order valence-electron chi connectivity index (χ4n) is 4.00. The molecule has 0 saturated carbocycles. The highest BCUT2D eigenvalue weighted by atomic mass is 35.5. The first-order valence-electron chi connectivity index (χ1n) is 10.8. The third kappa shape index (κ3) is 4.61. The van der Waals surface area contributed by atoms with Gasteiger partial charge in [-0.15, -0.1) is 0 Å². The molecule has 1 aliphatic rings. The molecular formula is C26H25ClN4O2. The highest BCUT2D eigenvalue weighted by Crippen LogP contribution is 2.39. The molecule has 3 aromatic rings. The number of nitrogens with two attached hydrogens (primary N) is 1. The molecule has 3 N–H and O–H groups in total. The predicted octanol–water partition coefficient (Wildman–Crippen LogP) is 3.95. The van der Waals surface area contributed by atoms with E-state index in [0.717, 1.165) is 11.1 Å². The second-order valence-corrected chi connectivity index (χ2v) is 8.28. The molecule has 0 saturated heterocycles. The van der Waals surface area contributed by atoms with Gasteiger partial charge in [-0.05, 0) is 48.2 Å². The quantitative estimate of drug-likeness (QED) is 0.499. The number of halogens is 1. The number of rotatable bonds is 8. The number of hydrogen-bond acceptors (Lipinski definition) is 4. The molecule has 0 fully saturated rings. The van der Waals surface area contributed by atoms with Crippen LogP contribution in [0.4, 0.5) is 0 Å². The van der Waals surface area contributed by atoms with E-state index < -0.39 is 5.54 Å². The highest BCUT2D eigenvalue weighted by molar-refractivity contribution is 6.30. The van der Waals surface area contributed by atoms with Crippen LogP contribution in [-0.2, 0) is 10.3 Å². The summed E-state index contributed by atoms with van der Waals surface area (Å²) in [6.07, 6.45) is 1.36. The van der Waals surface area contributed by atoms with E-state index >= 15 is 0 Å². The summed E-state index contributed by atoms with van der Waals surface area (Å²) in [4.78, 5) is 32.1. The normalized spacial score (nSPS) is 14.8. The molecule has 0 spiro atoms. The molecule has 3 aromatic carbocycles. The van der Waals surface area contributed by atoms with Crippen molar-refractivity contribution in [3.8, 4) is 0 Å². The molecule has 0 bridgehead atoms. The van der Waals surface area contributed by atoms with E-state index in [9.17, 15) is 9.59 Å². The Labute approximate surface area is 198 Å². The number of carbonyl (C=O) groups is 2. The second kappa shape index (κ2) is 9.88. The van der Waals surface area contributed by atoms with Crippen molar-refractivity contribution in [1.82, 2.24) is 10.2 Å². The van der Waals surface area contributed by atoms with Gasteiger partial charge in [-0.25, -0.2) is 4.99 Å². The van der Waals surface area contributed by atoms with Gasteiger partial charge < -0.3 is 11.1 Å². The average Bonchev–Trinajstić information content (AvgIpc) is 3.11. The number of amides is 2. The topological polar surface area (TPSA) is 87.8 Å². The van der Waals surface area contributed by atoms with E-state index in [1.807, 2.05) is 60.7 Å². The van der Waals surface area contributed by atoms with Crippen LogP contribution in [0.15, 0.2) is 89.9 Å². The molecule has 168 valence electrons. The smallest absolute Gasteiger partial charge is 0.266 e. The minimum Gasteiger partial charge on any atom is -0.369 e. The Morgan fingerprint density at radius 2 is 1.48 bits per heavy atom. The average molecular weight is 461 g/mol. The fourth-order valence-corrected chi connectivity index (χ4v) is 4.12. The van der Waals surface area contributed by atoms with Gasteiger partial charge in [0.1, 0.15) is 0 Å². The minimum absolute atomic E-state index is 0.155. The van der Waals surface area contributed by atoms with Crippen LogP contribution in [0.5, 0.6) is 0 Å². The maximum absolute atomic E-state index is 13.7. The first-order chi connectivity index (χ1) is 16.0. The van der Waals surface area contributed by atoms with Gasteiger partial charge in [0.05, 0.1) is 0 Å². The maximum Gasteiger partial charge on any atom is 0.266 e. The number of aliphatic imine (C=N–C) groups is 1. The summed E-state index contributed by atoms with van der Waals surface area (Å²) in [7, 11) is 0. The van der Waals surface area contributed by atoms with Gasteiger partial charge in [0, 0.05) is 23.7 Å². The van der Waals surface area contributed by atoms with Gasteiger partial charge >= 0.3 is 0 Å². The van der Waals surface area contributed by atoms with Crippen LogP contribution in [0, 0.1) is 0 Å². The van der Waals surface area contributed by atoms with E-state index in [4.69, 9.17) is 17.3 Å². The standard InChI is InChI=1S/C26H25ClN4O2/c27-22-15-13-19(14-16-22)23(32)29-17-7-8-18-31-24(33)26(30-25(31)28,20-9-3-1-4-10-20)21-11-5-2-6-12-21/h1-6,9-16H,7-8,17-18H2,(H2,28,30)(H,29,32). The Hall–Kier alpha value is -3.64. The highest BCUT2D eigenvalue weighted by Gasteiger charge is 2.50. The molecule has 2 amide bonds. The number of unbranched alkanes of at least 4 members (excludes halogenated alkanes) is 1. The molecule has 4 rings (SSSR count). The Kier molecular flexibility index (Phi) is 6.75. The van der Waals surface area contributed by atoms with Crippen LogP contribution in [0.1, 0.15) is 34.3 Å². The third-order valence-corrected chi connectivity index (χ3v) is 5.95. The number of carbonyl (C=O) groups excluding carboxylic acids is 2. The number of guanidine groups is 1. The third-order valence-electron chi connectivity index (χ3n) is 5.70. The van der Waals surface area contributed by atoms with E-state index in [0.29, 0.717) is 36.5 Å². The molecule has 7 heteroatoms. The molecular weight excluding hydrogens is 436 g/mol. The van der Waals surface area contributed by atoms with Gasteiger partial charge in [-0.3, -0.25) is 14.5 Å². The molecule has 33 heavy (non-hydrogen) atoms. The number of hydrogen-bond donors (Lipinski definition) is 2. The zero-order valence-corrected chi connectivity index (χ0v) is 18.8. The SMILES string of the molecule is NC1=NC(c2ccccc2)(c2ccccc2)C(=O)N1CCCCNC(=O)c1ccc(Cl)cc1. The summed E-state index contributed by atoms with van der Waals surface area (Å²) >= 11 is 5.86. The first-order valence-corrected chi connectivity index (χ1v) is 11.2. The molecule has 1 heterocycles. The monoisotopic (exact) mass is 460 g/mol.